The second-order valence-electron chi connectivity index (χ2n) is 4.68. The van der Waals surface area contributed by atoms with E-state index in [1.165, 1.54) is 16.9 Å². The Morgan fingerprint density at radius 2 is 2.20 bits per heavy atom. The van der Waals surface area contributed by atoms with E-state index in [2.05, 4.69) is 11.4 Å². The van der Waals surface area contributed by atoms with Gasteiger partial charge in [0, 0.05) is 30.5 Å². The van der Waals surface area contributed by atoms with Gasteiger partial charge in [-0.15, -0.1) is 0 Å². The molecule has 1 aromatic carbocycles. The number of para-hydroxylation sites is 1. The van der Waals surface area contributed by atoms with Crippen LogP contribution in [0, 0.1) is 10.1 Å². The van der Waals surface area contributed by atoms with Crippen molar-refractivity contribution in [2.24, 2.45) is 0 Å². The van der Waals surface area contributed by atoms with Crippen molar-refractivity contribution in [1.82, 2.24) is 5.32 Å². The molecule has 3 rings (SSSR count). The summed E-state index contributed by atoms with van der Waals surface area (Å²) in [5.74, 6) is 0.964. The molecule has 1 aliphatic rings. The molecule has 0 radical (unpaired) electrons. The average molecular weight is 290 g/mol. The number of ether oxygens (including phenoxy) is 1. The van der Waals surface area contributed by atoms with Gasteiger partial charge in [-0.3, -0.25) is 10.1 Å². The summed E-state index contributed by atoms with van der Waals surface area (Å²) in [7, 11) is 0. The van der Waals surface area contributed by atoms with Crippen molar-refractivity contribution >= 4 is 16.3 Å². The van der Waals surface area contributed by atoms with E-state index in [1.807, 2.05) is 18.2 Å². The van der Waals surface area contributed by atoms with Gasteiger partial charge in [-0.1, -0.05) is 29.5 Å². The molecule has 1 aliphatic heterocycles. The van der Waals surface area contributed by atoms with Crippen molar-refractivity contribution in [3.63, 3.8) is 0 Å². The zero-order valence-electron chi connectivity index (χ0n) is 10.7. The molecule has 0 spiro atoms. The summed E-state index contributed by atoms with van der Waals surface area (Å²) >= 11 is 1.21. The van der Waals surface area contributed by atoms with Gasteiger partial charge in [-0.05, 0) is 17.7 Å². The molecule has 0 bridgehead atoms. The highest BCUT2D eigenvalue weighted by Crippen LogP contribution is 2.28. The minimum absolute atomic E-state index is 0.141. The highest BCUT2D eigenvalue weighted by atomic mass is 32.1. The van der Waals surface area contributed by atoms with Crippen molar-refractivity contribution in [2.45, 2.75) is 19.1 Å². The van der Waals surface area contributed by atoms with Crippen LogP contribution in [-0.4, -0.2) is 17.6 Å². The molecular weight excluding hydrogens is 276 g/mol. The number of thiophene rings is 1. The van der Waals surface area contributed by atoms with Crippen LogP contribution in [0.4, 0.5) is 5.00 Å². The quantitative estimate of drug-likeness (QED) is 0.679. The average Bonchev–Trinajstić information content (AvgIpc) is 3.04. The zero-order chi connectivity index (χ0) is 13.9. The number of hydrogen-bond donors (Lipinski definition) is 1. The summed E-state index contributed by atoms with van der Waals surface area (Å²) in [5.41, 5.74) is 1.24. The molecule has 2 heterocycles. The number of fused-ring (bicyclic) bond motifs is 1. The SMILES string of the molecule is O=[N+]([O-])c1ccc(CNCC2Cc3ccccc3O2)s1. The highest BCUT2D eigenvalue weighted by Gasteiger charge is 2.21. The van der Waals surface area contributed by atoms with E-state index in [0.29, 0.717) is 6.54 Å². The van der Waals surface area contributed by atoms with E-state index in [-0.39, 0.29) is 16.0 Å². The predicted molar refractivity (Wildman–Crippen MR) is 77.2 cm³/mol. The lowest BCUT2D eigenvalue weighted by Gasteiger charge is -2.11. The second kappa shape index (κ2) is 5.60. The molecule has 1 aromatic heterocycles. The molecule has 0 saturated heterocycles. The normalized spacial score (nSPS) is 16.7. The topological polar surface area (TPSA) is 64.4 Å². The number of rotatable bonds is 5. The van der Waals surface area contributed by atoms with Gasteiger partial charge in [0.25, 0.3) is 0 Å². The van der Waals surface area contributed by atoms with Crippen molar-refractivity contribution in [3.8, 4) is 5.75 Å². The summed E-state index contributed by atoms with van der Waals surface area (Å²) in [6.07, 6.45) is 1.05. The fourth-order valence-corrected chi connectivity index (χ4v) is 3.07. The van der Waals surface area contributed by atoms with Crippen LogP contribution < -0.4 is 10.1 Å². The maximum Gasteiger partial charge on any atom is 0.324 e. The molecule has 104 valence electrons. The predicted octanol–water partition coefficient (Wildman–Crippen LogP) is 2.75. The lowest BCUT2D eigenvalue weighted by Crippen LogP contribution is -2.29. The Labute approximate surface area is 120 Å². The maximum absolute atomic E-state index is 10.6. The Hall–Kier alpha value is -1.92. The number of benzene rings is 1. The van der Waals surface area contributed by atoms with E-state index < -0.39 is 0 Å². The minimum atomic E-state index is -0.356. The summed E-state index contributed by atoms with van der Waals surface area (Å²) in [4.78, 5) is 11.2. The van der Waals surface area contributed by atoms with Crippen LogP contribution in [0.2, 0.25) is 0 Å². The monoisotopic (exact) mass is 290 g/mol. The Kier molecular flexibility index (Phi) is 3.66. The number of hydrogen-bond acceptors (Lipinski definition) is 5. The van der Waals surface area contributed by atoms with Gasteiger partial charge in [-0.2, -0.15) is 0 Å². The van der Waals surface area contributed by atoms with Crippen LogP contribution in [0.25, 0.3) is 0 Å². The van der Waals surface area contributed by atoms with Crippen molar-refractivity contribution in [3.05, 3.63) is 57.0 Å². The molecule has 0 aliphatic carbocycles. The van der Waals surface area contributed by atoms with Gasteiger partial charge in [0.1, 0.15) is 11.9 Å². The first-order valence-corrected chi connectivity index (χ1v) is 7.22. The van der Waals surface area contributed by atoms with Crippen LogP contribution in [0.3, 0.4) is 0 Å². The lowest BCUT2D eigenvalue weighted by atomic mass is 10.1. The van der Waals surface area contributed by atoms with Gasteiger partial charge in [-0.25, -0.2) is 0 Å². The first kappa shape index (κ1) is 13.1. The van der Waals surface area contributed by atoms with Gasteiger partial charge >= 0.3 is 5.00 Å². The van der Waals surface area contributed by atoms with Gasteiger partial charge in [0.15, 0.2) is 0 Å². The van der Waals surface area contributed by atoms with Crippen molar-refractivity contribution < 1.29 is 9.66 Å². The van der Waals surface area contributed by atoms with Crippen LogP contribution in [0.15, 0.2) is 36.4 Å². The van der Waals surface area contributed by atoms with Crippen molar-refractivity contribution in [1.29, 1.82) is 0 Å². The third kappa shape index (κ3) is 2.81. The Morgan fingerprint density at radius 3 is 2.95 bits per heavy atom. The molecule has 20 heavy (non-hydrogen) atoms. The Morgan fingerprint density at radius 1 is 1.35 bits per heavy atom. The standard InChI is InChI=1S/C14H14N2O3S/c17-16(18)14-6-5-12(20-14)9-15-8-11-7-10-3-1-2-4-13(10)19-11/h1-6,11,15H,7-9H2. The lowest BCUT2D eigenvalue weighted by molar-refractivity contribution is -0.380. The van der Waals surface area contributed by atoms with Crippen LogP contribution in [-0.2, 0) is 13.0 Å². The molecule has 1 unspecified atom stereocenters. The second-order valence-corrected chi connectivity index (χ2v) is 5.83. The number of nitrogens with one attached hydrogen (secondary N) is 1. The minimum Gasteiger partial charge on any atom is -0.488 e. The molecule has 0 amide bonds. The zero-order valence-corrected chi connectivity index (χ0v) is 11.6. The van der Waals surface area contributed by atoms with Gasteiger partial charge in [0.05, 0.1) is 4.92 Å². The summed E-state index contributed by atoms with van der Waals surface area (Å²) in [6.45, 7) is 1.37. The van der Waals surface area contributed by atoms with Gasteiger partial charge < -0.3 is 10.1 Å². The third-order valence-electron chi connectivity index (χ3n) is 3.21. The molecule has 1 atom stereocenters. The van der Waals surface area contributed by atoms with E-state index in [4.69, 9.17) is 4.74 Å². The fraction of sp³-hybridized carbons (Fsp3) is 0.286. The molecule has 6 heteroatoms. The highest BCUT2D eigenvalue weighted by molar-refractivity contribution is 7.15. The number of nitro groups is 1. The van der Waals surface area contributed by atoms with Gasteiger partial charge in [0.2, 0.25) is 0 Å². The molecule has 0 saturated carbocycles. The van der Waals surface area contributed by atoms with E-state index in [0.717, 1.165) is 23.6 Å². The molecule has 2 aromatic rings. The Bertz CT molecular complexity index is 601. The maximum atomic E-state index is 10.6. The molecule has 1 N–H and O–H groups in total. The van der Waals surface area contributed by atoms with Crippen LogP contribution in [0.5, 0.6) is 5.75 Å². The van der Waals surface area contributed by atoms with E-state index in [9.17, 15) is 10.1 Å². The number of nitrogens with zero attached hydrogens (tertiary/aromatic N) is 1. The molecule has 5 nitrogen and oxygen atoms in total. The summed E-state index contributed by atoms with van der Waals surface area (Å²) in [6, 6.07) is 11.4. The van der Waals surface area contributed by atoms with E-state index >= 15 is 0 Å². The third-order valence-corrected chi connectivity index (χ3v) is 4.25. The molecular formula is C14H14N2O3S. The first-order valence-electron chi connectivity index (χ1n) is 6.41. The fourth-order valence-electron chi connectivity index (χ4n) is 2.28. The smallest absolute Gasteiger partial charge is 0.324 e. The van der Waals surface area contributed by atoms with Crippen LogP contribution in [0.1, 0.15) is 10.4 Å². The van der Waals surface area contributed by atoms with Crippen LogP contribution >= 0.6 is 11.3 Å². The van der Waals surface area contributed by atoms with E-state index in [1.54, 1.807) is 12.1 Å². The van der Waals surface area contributed by atoms with Crippen molar-refractivity contribution in [2.75, 3.05) is 6.54 Å². The summed E-state index contributed by atoms with van der Waals surface area (Å²) in [5, 5.41) is 14.1. The molecule has 0 fully saturated rings. The first-order chi connectivity index (χ1) is 9.72. The summed E-state index contributed by atoms with van der Waals surface area (Å²) < 4.78 is 5.82. The largest absolute Gasteiger partial charge is 0.488 e. The Balaban J connectivity index is 1.48.